The van der Waals surface area contributed by atoms with Gasteiger partial charge in [0.1, 0.15) is 0 Å². The van der Waals surface area contributed by atoms with Crippen LogP contribution in [0, 0.1) is 0 Å². The first kappa shape index (κ1) is 13.5. The molecular weight excluding hydrogens is 200 g/mol. The van der Waals surface area contributed by atoms with Gasteiger partial charge in [-0.15, -0.1) is 0 Å². The van der Waals surface area contributed by atoms with Gasteiger partial charge < -0.3 is 10.2 Å². The maximum absolute atomic E-state index is 12.1. The number of rotatable bonds is 5. The molecule has 1 rings (SSSR count). The minimum absolute atomic E-state index is 0.316. The molecule has 0 aromatic rings. The molecule has 0 spiro atoms. The zero-order valence-electron chi connectivity index (χ0n) is 11.0. The molecule has 1 amide bonds. The molecule has 0 radical (unpaired) electrons. The predicted molar refractivity (Wildman–Crippen MR) is 67.4 cm³/mol. The summed E-state index contributed by atoms with van der Waals surface area (Å²) >= 11 is 0. The molecule has 1 unspecified atom stereocenters. The van der Waals surface area contributed by atoms with Gasteiger partial charge >= 0.3 is 0 Å². The lowest BCUT2D eigenvalue weighted by molar-refractivity contribution is -0.133. The number of hydrogen-bond acceptors (Lipinski definition) is 2. The highest BCUT2D eigenvalue weighted by atomic mass is 16.2. The number of carbonyl (C=O) groups is 1. The van der Waals surface area contributed by atoms with Crippen LogP contribution in [0.15, 0.2) is 0 Å². The summed E-state index contributed by atoms with van der Waals surface area (Å²) in [6, 6.07) is 0.746. The van der Waals surface area contributed by atoms with Crippen molar-refractivity contribution in [1.29, 1.82) is 0 Å². The van der Waals surface area contributed by atoms with Gasteiger partial charge in [0.05, 0.1) is 0 Å². The molecular formula is C13H26N2O. The van der Waals surface area contributed by atoms with Crippen molar-refractivity contribution in [3.05, 3.63) is 0 Å². The van der Waals surface area contributed by atoms with Crippen LogP contribution in [0.2, 0.25) is 0 Å². The standard InChI is InChI=1S/C13H26N2O/c1-4-9-15(11(2)3)13(16)10-12-7-5-6-8-14-12/h11-12,14H,4-10H2,1-3H3. The second-order valence-electron chi connectivity index (χ2n) is 5.03. The molecule has 1 aliphatic rings. The fourth-order valence-electron chi connectivity index (χ4n) is 2.34. The Morgan fingerprint density at radius 1 is 1.44 bits per heavy atom. The molecule has 0 aromatic carbocycles. The highest BCUT2D eigenvalue weighted by molar-refractivity contribution is 5.77. The van der Waals surface area contributed by atoms with Crippen molar-refractivity contribution in [2.24, 2.45) is 0 Å². The van der Waals surface area contributed by atoms with Crippen LogP contribution in [0.5, 0.6) is 0 Å². The van der Waals surface area contributed by atoms with Crippen molar-refractivity contribution >= 4 is 5.91 Å². The van der Waals surface area contributed by atoms with E-state index in [4.69, 9.17) is 0 Å². The van der Waals surface area contributed by atoms with E-state index in [9.17, 15) is 4.79 Å². The predicted octanol–water partition coefficient (Wildman–Crippen LogP) is 2.17. The van der Waals surface area contributed by atoms with Gasteiger partial charge in [-0.25, -0.2) is 0 Å². The van der Waals surface area contributed by atoms with Crippen molar-refractivity contribution < 1.29 is 4.79 Å². The third-order valence-corrected chi connectivity index (χ3v) is 3.24. The maximum atomic E-state index is 12.1. The summed E-state index contributed by atoms with van der Waals surface area (Å²) in [7, 11) is 0. The average Bonchev–Trinajstić information content (AvgIpc) is 2.26. The largest absolute Gasteiger partial charge is 0.340 e. The highest BCUT2D eigenvalue weighted by Gasteiger charge is 2.21. The SMILES string of the molecule is CCCN(C(=O)CC1CCCCN1)C(C)C. The van der Waals surface area contributed by atoms with Gasteiger partial charge in [0, 0.05) is 25.0 Å². The molecule has 1 atom stereocenters. The lowest BCUT2D eigenvalue weighted by Gasteiger charge is -2.30. The molecule has 0 saturated carbocycles. The molecule has 94 valence electrons. The molecule has 0 aliphatic carbocycles. The molecule has 1 heterocycles. The number of piperidine rings is 1. The van der Waals surface area contributed by atoms with Gasteiger partial charge in [0.15, 0.2) is 0 Å². The third-order valence-electron chi connectivity index (χ3n) is 3.24. The van der Waals surface area contributed by atoms with Crippen molar-refractivity contribution in [2.45, 2.75) is 65.0 Å². The van der Waals surface area contributed by atoms with Crippen LogP contribution in [0.1, 0.15) is 52.9 Å². The van der Waals surface area contributed by atoms with Crippen molar-refractivity contribution in [3.63, 3.8) is 0 Å². The first-order valence-corrected chi connectivity index (χ1v) is 6.68. The molecule has 3 nitrogen and oxygen atoms in total. The lowest BCUT2D eigenvalue weighted by Crippen LogP contribution is -2.43. The van der Waals surface area contributed by atoms with E-state index in [-0.39, 0.29) is 0 Å². The lowest BCUT2D eigenvalue weighted by atomic mass is 10.0. The van der Waals surface area contributed by atoms with Gasteiger partial charge in [0.2, 0.25) is 5.91 Å². The fraction of sp³-hybridized carbons (Fsp3) is 0.923. The van der Waals surface area contributed by atoms with Gasteiger partial charge in [-0.3, -0.25) is 4.79 Å². The maximum Gasteiger partial charge on any atom is 0.224 e. The Bertz CT molecular complexity index is 210. The van der Waals surface area contributed by atoms with Gasteiger partial charge in [0.25, 0.3) is 0 Å². The zero-order chi connectivity index (χ0) is 12.0. The molecule has 3 heteroatoms. The minimum atomic E-state index is 0.316. The van der Waals surface area contributed by atoms with Gasteiger partial charge in [-0.05, 0) is 39.7 Å². The molecule has 1 N–H and O–H groups in total. The quantitative estimate of drug-likeness (QED) is 0.779. The Kier molecular flexibility index (Phi) is 5.81. The minimum Gasteiger partial charge on any atom is -0.340 e. The van der Waals surface area contributed by atoms with E-state index in [0.29, 0.717) is 24.4 Å². The van der Waals surface area contributed by atoms with Crippen molar-refractivity contribution in [1.82, 2.24) is 10.2 Å². The van der Waals surface area contributed by atoms with E-state index in [2.05, 4.69) is 26.1 Å². The average molecular weight is 226 g/mol. The molecule has 16 heavy (non-hydrogen) atoms. The third kappa shape index (κ3) is 4.12. The smallest absolute Gasteiger partial charge is 0.224 e. The Morgan fingerprint density at radius 2 is 2.19 bits per heavy atom. The van der Waals surface area contributed by atoms with Crippen LogP contribution < -0.4 is 5.32 Å². The topological polar surface area (TPSA) is 32.3 Å². The summed E-state index contributed by atoms with van der Waals surface area (Å²) in [5, 5.41) is 3.44. The summed E-state index contributed by atoms with van der Waals surface area (Å²) in [5.74, 6) is 0.316. The zero-order valence-corrected chi connectivity index (χ0v) is 11.0. The Hall–Kier alpha value is -0.570. The molecule has 0 aromatic heterocycles. The van der Waals surface area contributed by atoms with Crippen molar-refractivity contribution in [3.8, 4) is 0 Å². The molecule has 0 bridgehead atoms. The second kappa shape index (κ2) is 6.89. The van der Waals surface area contributed by atoms with E-state index in [1.165, 1.54) is 12.8 Å². The van der Waals surface area contributed by atoms with Gasteiger partial charge in [-0.1, -0.05) is 13.3 Å². The first-order chi connectivity index (χ1) is 7.65. The van der Waals surface area contributed by atoms with Gasteiger partial charge in [-0.2, -0.15) is 0 Å². The first-order valence-electron chi connectivity index (χ1n) is 6.68. The summed E-state index contributed by atoms with van der Waals surface area (Å²) in [5.41, 5.74) is 0. The normalized spacial score (nSPS) is 21.1. The molecule has 1 fully saturated rings. The Labute approximate surface area is 99.6 Å². The van der Waals surface area contributed by atoms with Crippen LogP contribution >= 0.6 is 0 Å². The van der Waals surface area contributed by atoms with Crippen LogP contribution in [-0.2, 0) is 4.79 Å². The number of nitrogens with one attached hydrogen (secondary N) is 1. The van der Waals surface area contributed by atoms with Crippen LogP contribution in [0.4, 0.5) is 0 Å². The summed E-state index contributed by atoms with van der Waals surface area (Å²) in [4.78, 5) is 14.1. The number of carbonyl (C=O) groups excluding carboxylic acids is 1. The summed E-state index contributed by atoms with van der Waals surface area (Å²) in [6.45, 7) is 8.29. The number of hydrogen-bond donors (Lipinski definition) is 1. The van der Waals surface area contributed by atoms with E-state index in [1.807, 2.05) is 4.90 Å². The van der Waals surface area contributed by atoms with E-state index in [0.717, 1.165) is 25.9 Å². The van der Waals surface area contributed by atoms with Crippen LogP contribution in [-0.4, -0.2) is 36.0 Å². The van der Waals surface area contributed by atoms with E-state index < -0.39 is 0 Å². The number of amides is 1. The highest BCUT2D eigenvalue weighted by Crippen LogP contribution is 2.13. The monoisotopic (exact) mass is 226 g/mol. The fourth-order valence-corrected chi connectivity index (χ4v) is 2.34. The molecule has 1 saturated heterocycles. The van der Waals surface area contributed by atoms with Crippen molar-refractivity contribution in [2.75, 3.05) is 13.1 Å². The van der Waals surface area contributed by atoms with Crippen LogP contribution in [0.25, 0.3) is 0 Å². The molecule has 1 aliphatic heterocycles. The summed E-state index contributed by atoms with van der Waals surface area (Å²) < 4.78 is 0. The second-order valence-corrected chi connectivity index (χ2v) is 5.03. The van der Waals surface area contributed by atoms with Crippen LogP contribution in [0.3, 0.4) is 0 Å². The van der Waals surface area contributed by atoms with E-state index >= 15 is 0 Å². The van der Waals surface area contributed by atoms with E-state index in [1.54, 1.807) is 0 Å². The number of nitrogens with zero attached hydrogens (tertiary/aromatic N) is 1. The Morgan fingerprint density at radius 3 is 2.69 bits per heavy atom. The Balaban J connectivity index is 2.40. The summed E-state index contributed by atoms with van der Waals surface area (Å²) in [6.07, 6.45) is 5.40.